The first-order chi connectivity index (χ1) is 8.20. The molecule has 0 aliphatic rings. The van der Waals surface area contributed by atoms with E-state index in [2.05, 4.69) is 0 Å². The number of alkyl halides is 1. The third-order valence-corrected chi connectivity index (χ3v) is 2.82. The Labute approximate surface area is 109 Å². The molecule has 4 heteroatoms. The van der Waals surface area contributed by atoms with Gasteiger partial charge >= 0.3 is 0 Å². The molecular weight excluding hydrogens is 262 g/mol. The SMILES string of the molecule is Fc1c(Cl)cccc1Oc1ccc(CCl)cc1. The van der Waals surface area contributed by atoms with Crippen molar-refractivity contribution in [3.05, 3.63) is 58.9 Å². The normalized spacial score (nSPS) is 10.3. The van der Waals surface area contributed by atoms with E-state index in [1.54, 1.807) is 18.2 Å². The summed E-state index contributed by atoms with van der Waals surface area (Å²) in [5.41, 5.74) is 0.977. The van der Waals surface area contributed by atoms with Crippen LogP contribution in [0, 0.1) is 5.82 Å². The van der Waals surface area contributed by atoms with Crippen molar-refractivity contribution in [1.82, 2.24) is 0 Å². The van der Waals surface area contributed by atoms with Crippen LogP contribution in [0.25, 0.3) is 0 Å². The van der Waals surface area contributed by atoms with Crippen LogP contribution in [0.4, 0.5) is 4.39 Å². The molecule has 0 N–H and O–H groups in total. The van der Waals surface area contributed by atoms with Crippen molar-refractivity contribution >= 4 is 23.2 Å². The molecule has 0 aromatic heterocycles. The molecule has 1 nitrogen and oxygen atoms in total. The molecule has 0 aliphatic heterocycles. The zero-order valence-corrected chi connectivity index (χ0v) is 10.3. The zero-order chi connectivity index (χ0) is 12.3. The molecule has 2 aromatic rings. The lowest BCUT2D eigenvalue weighted by Gasteiger charge is -2.07. The van der Waals surface area contributed by atoms with Gasteiger partial charge in [0, 0.05) is 5.88 Å². The van der Waals surface area contributed by atoms with E-state index in [1.165, 1.54) is 12.1 Å². The van der Waals surface area contributed by atoms with Crippen LogP contribution in [0.3, 0.4) is 0 Å². The summed E-state index contributed by atoms with van der Waals surface area (Å²) in [6.07, 6.45) is 0. The van der Waals surface area contributed by atoms with Gasteiger partial charge in [0.2, 0.25) is 0 Å². The molecule has 17 heavy (non-hydrogen) atoms. The van der Waals surface area contributed by atoms with E-state index in [0.29, 0.717) is 11.6 Å². The van der Waals surface area contributed by atoms with Crippen LogP contribution in [0.1, 0.15) is 5.56 Å². The monoisotopic (exact) mass is 270 g/mol. The van der Waals surface area contributed by atoms with Crippen LogP contribution < -0.4 is 4.74 Å². The molecule has 0 fully saturated rings. The molecule has 2 rings (SSSR count). The Morgan fingerprint density at radius 2 is 1.76 bits per heavy atom. The Hall–Kier alpha value is -1.25. The van der Waals surface area contributed by atoms with Gasteiger partial charge in [-0.2, -0.15) is 0 Å². The van der Waals surface area contributed by atoms with Gasteiger partial charge in [0.15, 0.2) is 11.6 Å². The van der Waals surface area contributed by atoms with Crippen molar-refractivity contribution in [1.29, 1.82) is 0 Å². The molecule has 0 radical (unpaired) electrons. The first kappa shape index (κ1) is 12.2. The molecule has 0 aliphatic carbocycles. The molecule has 2 aromatic carbocycles. The first-order valence-electron chi connectivity index (χ1n) is 4.97. The molecular formula is C13H9Cl2FO. The average molecular weight is 271 g/mol. The molecule has 0 saturated heterocycles. The summed E-state index contributed by atoms with van der Waals surface area (Å²) in [5, 5.41) is 0.0416. The summed E-state index contributed by atoms with van der Waals surface area (Å²) in [6.45, 7) is 0. The molecule has 0 atom stereocenters. The van der Waals surface area contributed by atoms with Gasteiger partial charge in [0.25, 0.3) is 0 Å². The largest absolute Gasteiger partial charge is 0.454 e. The maximum Gasteiger partial charge on any atom is 0.184 e. The van der Waals surface area contributed by atoms with Crippen LogP contribution in [-0.4, -0.2) is 0 Å². The third-order valence-electron chi connectivity index (χ3n) is 2.22. The predicted octanol–water partition coefficient (Wildman–Crippen LogP) is 5.01. The second-order valence-corrected chi connectivity index (χ2v) is 4.11. The molecule has 0 heterocycles. The van der Waals surface area contributed by atoms with Crippen molar-refractivity contribution in [2.24, 2.45) is 0 Å². The predicted molar refractivity (Wildman–Crippen MR) is 67.5 cm³/mol. The lowest BCUT2D eigenvalue weighted by atomic mass is 10.2. The van der Waals surface area contributed by atoms with Gasteiger partial charge in [-0.25, -0.2) is 4.39 Å². The van der Waals surface area contributed by atoms with Gasteiger partial charge in [-0.1, -0.05) is 29.8 Å². The Bertz CT molecular complexity index is 511. The smallest absolute Gasteiger partial charge is 0.184 e. The second-order valence-electron chi connectivity index (χ2n) is 3.43. The summed E-state index contributed by atoms with van der Waals surface area (Å²) < 4.78 is 18.9. The van der Waals surface area contributed by atoms with Crippen molar-refractivity contribution < 1.29 is 9.13 Å². The maximum absolute atomic E-state index is 13.6. The number of hydrogen-bond acceptors (Lipinski definition) is 1. The lowest BCUT2D eigenvalue weighted by molar-refractivity contribution is 0.442. The standard InChI is InChI=1S/C13H9Cl2FO/c14-8-9-4-6-10(7-5-9)17-12-3-1-2-11(15)13(12)16/h1-7H,8H2. The minimum absolute atomic E-state index is 0.0416. The van der Waals surface area contributed by atoms with E-state index >= 15 is 0 Å². The Morgan fingerprint density at radius 3 is 2.41 bits per heavy atom. The van der Waals surface area contributed by atoms with E-state index in [4.69, 9.17) is 27.9 Å². The van der Waals surface area contributed by atoms with E-state index < -0.39 is 5.82 Å². The van der Waals surface area contributed by atoms with Gasteiger partial charge in [0.1, 0.15) is 5.75 Å². The summed E-state index contributed by atoms with van der Waals surface area (Å²) in [6, 6.07) is 11.7. The molecule has 0 unspecified atom stereocenters. The summed E-state index contributed by atoms with van der Waals surface area (Å²) in [4.78, 5) is 0. The zero-order valence-electron chi connectivity index (χ0n) is 8.79. The summed E-state index contributed by atoms with van der Waals surface area (Å²) in [7, 11) is 0. The average Bonchev–Trinajstić information content (AvgIpc) is 2.36. The van der Waals surface area contributed by atoms with E-state index in [-0.39, 0.29) is 10.8 Å². The van der Waals surface area contributed by atoms with Gasteiger partial charge in [0.05, 0.1) is 5.02 Å². The van der Waals surface area contributed by atoms with Crippen LogP contribution in [0.15, 0.2) is 42.5 Å². The topological polar surface area (TPSA) is 9.23 Å². The van der Waals surface area contributed by atoms with Crippen molar-refractivity contribution in [2.75, 3.05) is 0 Å². The minimum Gasteiger partial charge on any atom is -0.454 e. The number of rotatable bonds is 3. The van der Waals surface area contributed by atoms with Crippen molar-refractivity contribution in [3.63, 3.8) is 0 Å². The molecule has 0 amide bonds. The first-order valence-corrected chi connectivity index (χ1v) is 5.88. The van der Waals surface area contributed by atoms with E-state index in [0.717, 1.165) is 5.56 Å². The third kappa shape index (κ3) is 2.90. The number of ether oxygens (including phenoxy) is 1. The highest BCUT2D eigenvalue weighted by atomic mass is 35.5. The highest BCUT2D eigenvalue weighted by molar-refractivity contribution is 6.30. The minimum atomic E-state index is -0.560. The van der Waals surface area contributed by atoms with Crippen molar-refractivity contribution in [3.8, 4) is 11.5 Å². The van der Waals surface area contributed by atoms with Crippen LogP contribution in [-0.2, 0) is 5.88 Å². The quantitative estimate of drug-likeness (QED) is 0.713. The lowest BCUT2D eigenvalue weighted by Crippen LogP contribution is -1.89. The second kappa shape index (κ2) is 5.39. The highest BCUT2D eigenvalue weighted by Gasteiger charge is 2.08. The van der Waals surface area contributed by atoms with Gasteiger partial charge in [-0.3, -0.25) is 0 Å². The fourth-order valence-electron chi connectivity index (χ4n) is 1.34. The maximum atomic E-state index is 13.6. The number of halogens is 3. The highest BCUT2D eigenvalue weighted by Crippen LogP contribution is 2.28. The van der Waals surface area contributed by atoms with E-state index in [9.17, 15) is 4.39 Å². The summed E-state index contributed by atoms with van der Waals surface area (Å²) >= 11 is 11.3. The molecule has 0 bridgehead atoms. The molecule has 88 valence electrons. The van der Waals surface area contributed by atoms with Crippen LogP contribution >= 0.6 is 23.2 Å². The van der Waals surface area contributed by atoms with Gasteiger partial charge < -0.3 is 4.74 Å². The van der Waals surface area contributed by atoms with Crippen molar-refractivity contribution in [2.45, 2.75) is 5.88 Å². The molecule has 0 saturated carbocycles. The Balaban J connectivity index is 2.22. The fourth-order valence-corrected chi connectivity index (χ4v) is 1.68. The summed E-state index contributed by atoms with van der Waals surface area (Å²) in [5.74, 6) is 0.526. The van der Waals surface area contributed by atoms with Crippen LogP contribution in [0.2, 0.25) is 5.02 Å². The number of hydrogen-bond donors (Lipinski definition) is 0. The Morgan fingerprint density at radius 1 is 1.06 bits per heavy atom. The Kier molecular flexibility index (Phi) is 3.87. The van der Waals surface area contributed by atoms with Gasteiger partial charge in [-0.15, -0.1) is 11.6 Å². The fraction of sp³-hybridized carbons (Fsp3) is 0.0769. The number of benzene rings is 2. The van der Waals surface area contributed by atoms with Gasteiger partial charge in [-0.05, 0) is 29.8 Å². The van der Waals surface area contributed by atoms with Crippen LogP contribution in [0.5, 0.6) is 11.5 Å². The van der Waals surface area contributed by atoms with E-state index in [1.807, 2.05) is 12.1 Å². The molecule has 0 spiro atoms.